The molecule has 0 aliphatic heterocycles. The van der Waals surface area contributed by atoms with Crippen LogP contribution in [0, 0.1) is 0 Å². The molecule has 104 valence electrons. The quantitative estimate of drug-likeness (QED) is 0.751. The van der Waals surface area contributed by atoms with E-state index in [0.717, 1.165) is 23.5 Å². The van der Waals surface area contributed by atoms with Gasteiger partial charge in [0, 0.05) is 23.4 Å². The van der Waals surface area contributed by atoms with E-state index >= 15 is 0 Å². The number of hydrogen-bond acceptors (Lipinski definition) is 2. The van der Waals surface area contributed by atoms with E-state index in [1.165, 1.54) is 0 Å². The lowest BCUT2D eigenvalue weighted by Crippen LogP contribution is -2.33. The van der Waals surface area contributed by atoms with E-state index in [2.05, 4.69) is 43.2 Å². The number of rotatable bonds is 5. The minimum Gasteiger partial charge on any atom is -0.380 e. The molecule has 0 radical (unpaired) electrons. The lowest BCUT2D eigenvalue weighted by atomic mass is 9.97. The largest absolute Gasteiger partial charge is 0.380 e. The first-order valence-corrected chi connectivity index (χ1v) is 6.98. The molecular weight excluding hydrogens is 244 g/mol. The summed E-state index contributed by atoms with van der Waals surface area (Å²) in [5.74, 6) is 0. The molecule has 0 aliphatic rings. The Morgan fingerprint density at radius 1 is 0.950 bits per heavy atom. The summed E-state index contributed by atoms with van der Waals surface area (Å²) in [6.45, 7) is 6.48. The fourth-order valence-electron chi connectivity index (χ4n) is 2.36. The van der Waals surface area contributed by atoms with Crippen LogP contribution >= 0.6 is 0 Å². The van der Waals surface area contributed by atoms with Gasteiger partial charge in [-0.05, 0) is 45.0 Å². The zero-order chi connectivity index (χ0) is 14.4. The number of hydrogen-bond donors (Lipinski definition) is 1. The zero-order valence-electron chi connectivity index (χ0n) is 12.4. The third-order valence-corrected chi connectivity index (χ3v) is 3.03. The molecule has 1 N–H and O–H groups in total. The molecule has 2 heteroatoms. The van der Waals surface area contributed by atoms with Gasteiger partial charge in [0.2, 0.25) is 0 Å². The van der Waals surface area contributed by atoms with Crippen molar-refractivity contribution in [2.75, 3.05) is 5.32 Å². The maximum absolute atomic E-state index is 4.66. The highest BCUT2D eigenvalue weighted by atomic mass is 15.0. The molecule has 0 amide bonds. The summed E-state index contributed by atoms with van der Waals surface area (Å²) in [7, 11) is 0. The lowest BCUT2D eigenvalue weighted by molar-refractivity contribution is 0.591. The second-order valence-electron chi connectivity index (χ2n) is 5.73. The molecule has 0 bridgehead atoms. The topological polar surface area (TPSA) is 24.4 Å². The molecule has 0 spiro atoms. The molecule has 2 aromatic rings. The van der Waals surface area contributed by atoms with Gasteiger partial charge in [0.05, 0.1) is 5.69 Å². The van der Waals surface area contributed by atoms with Gasteiger partial charge >= 0.3 is 0 Å². The number of para-hydroxylation sites is 2. The van der Waals surface area contributed by atoms with E-state index in [1.807, 2.05) is 48.5 Å². The van der Waals surface area contributed by atoms with Crippen LogP contribution in [0.3, 0.4) is 0 Å². The third kappa shape index (κ3) is 4.54. The summed E-state index contributed by atoms with van der Waals surface area (Å²) >= 11 is 0. The Labute approximate surface area is 121 Å². The predicted octanol–water partition coefficient (Wildman–Crippen LogP) is 5.06. The SMILES string of the molecule is CC(CC(C)(C)Nc1ccccc1)=Nc1ccccc1. The van der Waals surface area contributed by atoms with E-state index in [9.17, 15) is 0 Å². The van der Waals surface area contributed by atoms with Crippen molar-refractivity contribution in [1.82, 2.24) is 0 Å². The number of benzene rings is 2. The molecule has 0 atom stereocenters. The van der Waals surface area contributed by atoms with E-state index in [-0.39, 0.29) is 5.54 Å². The molecule has 0 aliphatic carbocycles. The fourth-order valence-corrected chi connectivity index (χ4v) is 2.36. The van der Waals surface area contributed by atoms with Crippen LogP contribution in [0.4, 0.5) is 11.4 Å². The summed E-state index contributed by atoms with van der Waals surface area (Å²) in [5.41, 5.74) is 3.26. The third-order valence-electron chi connectivity index (χ3n) is 3.03. The monoisotopic (exact) mass is 266 g/mol. The Morgan fingerprint density at radius 2 is 1.50 bits per heavy atom. The molecule has 0 unspecified atom stereocenters. The van der Waals surface area contributed by atoms with Crippen molar-refractivity contribution >= 4 is 17.1 Å². The first kappa shape index (κ1) is 14.3. The molecular formula is C18H22N2. The first-order chi connectivity index (χ1) is 9.55. The van der Waals surface area contributed by atoms with Gasteiger partial charge in [-0.25, -0.2) is 0 Å². The van der Waals surface area contributed by atoms with Crippen LogP contribution in [0.1, 0.15) is 27.2 Å². The summed E-state index contributed by atoms with van der Waals surface area (Å²) in [6.07, 6.45) is 0.900. The van der Waals surface area contributed by atoms with Crippen LogP contribution < -0.4 is 5.32 Å². The molecule has 2 nitrogen and oxygen atoms in total. The second kappa shape index (κ2) is 6.38. The van der Waals surface area contributed by atoms with Crippen LogP contribution in [-0.2, 0) is 0 Å². The Morgan fingerprint density at radius 3 is 2.10 bits per heavy atom. The van der Waals surface area contributed by atoms with Gasteiger partial charge in [0.25, 0.3) is 0 Å². The zero-order valence-corrected chi connectivity index (χ0v) is 12.4. The molecule has 0 aromatic heterocycles. The molecule has 2 rings (SSSR count). The molecule has 2 aromatic carbocycles. The van der Waals surface area contributed by atoms with Gasteiger partial charge in [-0.1, -0.05) is 36.4 Å². The van der Waals surface area contributed by atoms with Gasteiger partial charge in [-0.2, -0.15) is 0 Å². The average Bonchev–Trinajstić information content (AvgIpc) is 2.39. The standard InChI is InChI=1S/C18H22N2/c1-15(19-16-10-6-4-7-11-16)14-18(2,3)20-17-12-8-5-9-13-17/h4-13,20H,14H2,1-3H3. The molecule has 0 fully saturated rings. The van der Waals surface area contributed by atoms with Crippen molar-refractivity contribution in [2.45, 2.75) is 32.7 Å². The van der Waals surface area contributed by atoms with Crippen molar-refractivity contribution in [3.63, 3.8) is 0 Å². The Hall–Kier alpha value is -2.09. The fraction of sp³-hybridized carbons (Fsp3) is 0.278. The number of nitrogens with zero attached hydrogens (tertiary/aromatic N) is 1. The van der Waals surface area contributed by atoms with Crippen LogP contribution in [0.5, 0.6) is 0 Å². The highest BCUT2D eigenvalue weighted by Crippen LogP contribution is 2.20. The van der Waals surface area contributed by atoms with Crippen LogP contribution in [0.2, 0.25) is 0 Å². The van der Waals surface area contributed by atoms with Crippen LogP contribution in [0.25, 0.3) is 0 Å². The normalized spacial score (nSPS) is 12.2. The molecule has 0 heterocycles. The predicted molar refractivity (Wildman–Crippen MR) is 88.0 cm³/mol. The van der Waals surface area contributed by atoms with Crippen molar-refractivity contribution < 1.29 is 0 Å². The van der Waals surface area contributed by atoms with Crippen LogP contribution in [0.15, 0.2) is 65.7 Å². The maximum Gasteiger partial charge on any atom is 0.0628 e. The van der Waals surface area contributed by atoms with E-state index < -0.39 is 0 Å². The Kier molecular flexibility index (Phi) is 4.57. The van der Waals surface area contributed by atoms with E-state index in [0.29, 0.717) is 0 Å². The van der Waals surface area contributed by atoms with Gasteiger partial charge in [-0.15, -0.1) is 0 Å². The Balaban J connectivity index is 2.02. The average molecular weight is 266 g/mol. The van der Waals surface area contributed by atoms with Gasteiger partial charge in [0.1, 0.15) is 0 Å². The number of aliphatic imine (C=N–C) groups is 1. The highest BCUT2D eigenvalue weighted by molar-refractivity contribution is 5.85. The minimum absolute atomic E-state index is 0.0241. The molecule has 20 heavy (non-hydrogen) atoms. The van der Waals surface area contributed by atoms with E-state index in [4.69, 9.17) is 0 Å². The maximum atomic E-state index is 4.66. The molecule has 0 saturated heterocycles. The van der Waals surface area contributed by atoms with Gasteiger partial charge in [0.15, 0.2) is 0 Å². The number of anilines is 1. The Bertz CT molecular complexity index is 556. The summed E-state index contributed by atoms with van der Waals surface area (Å²) in [6, 6.07) is 20.4. The summed E-state index contributed by atoms with van der Waals surface area (Å²) in [5, 5.41) is 3.55. The summed E-state index contributed by atoms with van der Waals surface area (Å²) < 4.78 is 0. The number of nitrogens with one attached hydrogen (secondary N) is 1. The van der Waals surface area contributed by atoms with E-state index in [1.54, 1.807) is 0 Å². The van der Waals surface area contributed by atoms with Crippen molar-refractivity contribution in [2.24, 2.45) is 4.99 Å². The van der Waals surface area contributed by atoms with Gasteiger partial charge < -0.3 is 5.32 Å². The summed E-state index contributed by atoms with van der Waals surface area (Å²) in [4.78, 5) is 4.66. The molecule has 0 saturated carbocycles. The lowest BCUT2D eigenvalue weighted by Gasteiger charge is -2.27. The van der Waals surface area contributed by atoms with Crippen molar-refractivity contribution in [3.05, 3.63) is 60.7 Å². The second-order valence-corrected chi connectivity index (χ2v) is 5.73. The van der Waals surface area contributed by atoms with Crippen molar-refractivity contribution in [1.29, 1.82) is 0 Å². The minimum atomic E-state index is -0.0241. The first-order valence-electron chi connectivity index (χ1n) is 6.98. The highest BCUT2D eigenvalue weighted by Gasteiger charge is 2.18. The smallest absolute Gasteiger partial charge is 0.0628 e. The van der Waals surface area contributed by atoms with Crippen LogP contribution in [-0.4, -0.2) is 11.3 Å². The van der Waals surface area contributed by atoms with Crippen molar-refractivity contribution in [3.8, 4) is 0 Å². The van der Waals surface area contributed by atoms with Gasteiger partial charge in [-0.3, -0.25) is 4.99 Å².